The lowest BCUT2D eigenvalue weighted by Crippen LogP contribution is -2.09. The molecular formula is C9H11N3O3S. The first-order valence-corrected chi connectivity index (χ1v) is 5.59. The molecule has 7 heteroatoms. The van der Waals surface area contributed by atoms with Crippen LogP contribution in [0.1, 0.15) is 12.8 Å². The molecule has 6 nitrogen and oxygen atoms in total. The molecule has 0 saturated heterocycles. The number of hydrogen-bond donors (Lipinski definition) is 1. The molecule has 0 radical (unpaired) electrons. The lowest BCUT2D eigenvalue weighted by molar-refractivity contribution is -0.385. The summed E-state index contributed by atoms with van der Waals surface area (Å²) < 4.78 is 0. The summed E-state index contributed by atoms with van der Waals surface area (Å²) in [4.78, 5) is 24.2. The lowest BCUT2D eigenvalue weighted by Gasteiger charge is -1.99. The van der Waals surface area contributed by atoms with Crippen LogP contribution in [0.25, 0.3) is 0 Å². The minimum Gasteiger partial charge on any atom is -0.370 e. The normalized spacial score (nSPS) is 10.0. The number of rotatable bonds is 6. The van der Waals surface area contributed by atoms with E-state index < -0.39 is 4.92 Å². The third kappa shape index (κ3) is 4.26. The molecule has 0 aliphatic carbocycles. The molecule has 0 aromatic carbocycles. The summed E-state index contributed by atoms with van der Waals surface area (Å²) in [7, 11) is 0. The monoisotopic (exact) mass is 241 g/mol. The molecule has 0 aliphatic heterocycles. The first-order chi connectivity index (χ1) is 7.59. The van der Waals surface area contributed by atoms with Crippen LogP contribution in [0.5, 0.6) is 0 Å². The maximum Gasteiger partial charge on any atom is 0.287 e. The van der Waals surface area contributed by atoms with Crippen LogP contribution in [0.2, 0.25) is 0 Å². The van der Waals surface area contributed by atoms with E-state index in [1.165, 1.54) is 24.0 Å². The maximum atomic E-state index is 10.5. The highest BCUT2D eigenvalue weighted by molar-refractivity contribution is 7.99. The van der Waals surface area contributed by atoms with Gasteiger partial charge in [0.1, 0.15) is 6.20 Å². The Morgan fingerprint density at radius 2 is 2.31 bits per heavy atom. The van der Waals surface area contributed by atoms with Gasteiger partial charge >= 0.3 is 0 Å². The van der Waals surface area contributed by atoms with Crippen LogP contribution in [0.4, 0.5) is 5.69 Å². The van der Waals surface area contributed by atoms with Crippen molar-refractivity contribution in [3.8, 4) is 0 Å². The number of carbonyl (C=O) groups excluding carboxylic acids is 1. The molecular weight excluding hydrogens is 230 g/mol. The zero-order valence-electron chi connectivity index (χ0n) is 8.46. The van der Waals surface area contributed by atoms with Gasteiger partial charge in [0.15, 0.2) is 0 Å². The van der Waals surface area contributed by atoms with Gasteiger partial charge < -0.3 is 5.73 Å². The number of nitrogens with two attached hydrogens (primary N) is 1. The van der Waals surface area contributed by atoms with E-state index in [2.05, 4.69) is 4.98 Å². The van der Waals surface area contributed by atoms with Crippen LogP contribution in [0.3, 0.4) is 0 Å². The standard InChI is InChI=1S/C9H11N3O3S/c10-8(13)2-1-5-16-9-4-3-7(6-11-9)12(14)15/h3-4,6H,1-2,5H2,(H2,10,13). The van der Waals surface area contributed by atoms with Gasteiger partial charge in [-0.3, -0.25) is 14.9 Å². The number of thioether (sulfide) groups is 1. The van der Waals surface area contributed by atoms with Crippen molar-refractivity contribution in [2.45, 2.75) is 17.9 Å². The second-order valence-corrected chi connectivity index (χ2v) is 4.15. The number of amides is 1. The minimum absolute atomic E-state index is 0.0264. The number of primary amides is 1. The van der Waals surface area contributed by atoms with E-state index in [1.54, 1.807) is 6.07 Å². The number of nitrogens with zero attached hydrogens (tertiary/aromatic N) is 2. The SMILES string of the molecule is NC(=O)CCCSc1ccc([N+](=O)[O-])cn1. The Kier molecular flexibility index (Phi) is 4.71. The highest BCUT2D eigenvalue weighted by atomic mass is 32.2. The zero-order chi connectivity index (χ0) is 12.0. The van der Waals surface area contributed by atoms with Gasteiger partial charge in [0.05, 0.1) is 9.95 Å². The fraction of sp³-hybridized carbons (Fsp3) is 0.333. The Morgan fingerprint density at radius 3 is 2.81 bits per heavy atom. The maximum absolute atomic E-state index is 10.5. The van der Waals surface area contributed by atoms with E-state index >= 15 is 0 Å². The molecule has 1 rings (SSSR count). The molecule has 1 aromatic heterocycles. The van der Waals surface area contributed by atoms with E-state index in [4.69, 9.17) is 5.73 Å². The number of carbonyl (C=O) groups is 1. The van der Waals surface area contributed by atoms with Gasteiger partial charge in [-0.15, -0.1) is 11.8 Å². The fourth-order valence-electron chi connectivity index (χ4n) is 0.989. The summed E-state index contributed by atoms with van der Waals surface area (Å²) >= 11 is 1.44. The first-order valence-electron chi connectivity index (χ1n) is 4.61. The topological polar surface area (TPSA) is 99.1 Å². The van der Waals surface area contributed by atoms with Crippen molar-refractivity contribution in [1.29, 1.82) is 0 Å². The predicted molar refractivity (Wildman–Crippen MR) is 60.0 cm³/mol. The molecule has 1 heterocycles. The van der Waals surface area contributed by atoms with E-state index in [0.29, 0.717) is 23.6 Å². The zero-order valence-corrected chi connectivity index (χ0v) is 9.27. The van der Waals surface area contributed by atoms with E-state index in [-0.39, 0.29) is 11.6 Å². The van der Waals surface area contributed by atoms with Crippen LogP contribution in [0.15, 0.2) is 23.4 Å². The lowest BCUT2D eigenvalue weighted by atomic mass is 10.3. The molecule has 0 atom stereocenters. The van der Waals surface area contributed by atoms with Gasteiger partial charge in [-0.1, -0.05) is 0 Å². The average molecular weight is 241 g/mol. The molecule has 16 heavy (non-hydrogen) atoms. The number of pyridine rings is 1. The predicted octanol–water partition coefficient (Wildman–Crippen LogP) is 1.35. The van der Waals surface area contributed by atoms with Gasteiger partial charge in [0, 0.05) is 12.5 Å². The molecule has 86 valence electrons. The Labute approximate surface area is 96.4 Å². The van der Waals surface area contributed by atoms with Crippen LogP contribution < -0.4 is 5.73 Å². The molecule has 1 aromatic rings. The van der Waals surface area contributed by atoms with Crippen molar-refractivity contribution in [2.24, 2.45) is 5.73 Å². The summed E-state index contributed by atoms with van der Waals surface area (Å²) in [6.07, 6.45) is 2.25. The highest BCUT2D eigenvalue weighted by Gasteiger charge is 2.05. The van der Waals surface area contributed by atoms with Gasteiger partial charge in [0.25, 0.3) is 5.69 Å². The molecule has 0 aliphatic rings. The van der Waals surface area contributed by atoms with Crippen molar-refractivity contribution >= 4 is 23.4 Å². The van der Waals surface area contributed by atoms with Crippen LogP contribution >= 0.6 is 11.8 Å². The van der Waals surface area contributed by atoms with Gasteiger partial charge in [0.2, 0.25) is 5.91 Å². The molecule has 0 unspecified atom stereocenters. The van der Waals surface area contributed by atoms with Crippen molar-refractivity contribution < 1.29 is 9.72 Å². The second kappa shape index (κ2) is 6.06. The van der Waals surface area contributed by atoms with Crippen LogP contribution in [-0.2, 0) is 4.79 Å². The molecule has 0 bridgehead atoms. The molecule has 2 N–H and O–H groups in total. The summed E-state index contributed by atoms with van der Waals surface area (Å²) in [5.41, 5.74) is 4.96. The van der Waals surface area contributed by atoms with Gasteiger partial charge in [-0.2, -0.15) is 0 Å². The molecule has 1 amide bonds. The molecule has 0 spiro atoms. The summed E-state index contributed by atoms with van der Waals surface area (Å²) in [6, 6.07) is 3.00. The quantitative estimate of drug-likeness (QED) is 0.350. The van der Waals surface area contributed by atoms with E-state index in [1.807, 2.05) is 0 Å². The number of hydrogen-bond acceptors (Lipinski definition) is 5. The fourth-order valence-corrected chi connectivity index (χ4v) is 1.78. The van der Waals surface area contributed by atoms with Gasteiger partial charge in [-0.25, -0.2) is 4.98 Å². The van der Waals surface area contributed by atoms with E-state index in [0.717, 1.165) is 0 Å². The van der Waals surface area contributed by atoms with Gasteiger partial charge in [-0.05, 0) is 18.2 Å². The van der Waals surface area contributed by atoms with Crippen LogP contribution in [0, 0.1) is 10.1 Å². The first kappa shape index (κ1) is 12.4. The average Bonchev–Trinajstić information content (AvgIpc) is 2.25. The second-order valence-electron chi connectivity index (χ2n) is 3.03. The van der Waals surface area contributed by atoms with Crippen molar-refractivity contribution in [2.75, 3.05) is 5.75 Å². The third-order valence-electron chi connectivity index (χ3n) is 1.75. The molecule has 0 fully saturated rings. The smallest absolute Gasteiger partial charge is 0.287 e. The Hall–Kier alpha value is -1.63. The van der Waals surface area contributed by atoms with Crippen molar-refractivity contribution in [3.63, 3.8) is 0 Å². The Morgan fingerprint density at radius 1 is 1.56 bits per heavy atom. The largest absolute Gasteiger partial charge is 0.370 e. The van der Waals surface area contributed by atoms with Crippen molar-refractivity contribution in [1.82, 2.24) is 4.98 Å². The highest BCUT2D eigenvalue weighted by Crippen LogP contribution is 2.19. The Bertz CT molecular complexity index is 380. The molecule has 0 saturated carbocycles. The summed E-state index contributed by atoms with van der Waals surface area (Å²) in [5.74, 6) is 0.394. The third-order valence-corrected chi connectivity index (χ3v) is 2.78. The summed E-state index contributed by atoms with van der Waals surface area (Å²) in [6.45, 7) is 0. The Balaban J connectivity index is 2.38. The van der Waals surface area contributed by atoms with E-state index in [9.17, 15) is 14.9 Å². The number of aromatic nitrogens is 1. The van der Waals surface area contributed by atoms with Crippen LogP contribution in [-0.4, -0.2) is 21.6 Å². The number of nitro groups is 1. The van der Waals surface area contributed by atoms with Crippen molar-refractivity contribution in [3.05, 3.63) is 28.4 Å². The summed E-state index contributed by atoms with van der Waals surface area (Å²) in [5, 5.41) is 11.1. The minimum atomic E-state index is -0.492.